The summed E-state index contributed by atoms with van der Waals surface area (Å²) < 4.78 is 5.40. The predicted molar refractivity (Wildman–Crippen MR) is 61.1 cm³/mol. The SMILES string of the molecule is CC(=O)CC(C)(C)OC(=O)C1CCNCC1. The summed E-state index contributed by atoms with van der Waals surface area (Å²) in [5.41, 5.74) is -0.673. The maximum atomic E-state index is 11.8. The molecule has 0 aliphatic carbocycles. The van der Waals surface area contributed by atoms with Crippen molar-refractivity contribution in [3.63, 3.8) is 0 Å². The summed E-state index contributed by atoms with van der Waals surface area (Å²) >= 11 is 0. The van der Waals surface area contributed by atoms with E-state index in [4.69, 9.17) is 4.74 Å². The molecule has 92 valence electrons. The minimum Gasteiger partial charge on any atom is -0.459 e. The van der Waals surface area contributed by atoms with Crippen LogP contribution in [0.3, 0.4) is 0 Å². The summed E-state index contributed by atoms with van der Waals surface area (Å²) in [7, 11) is 0. The first kappa shape index (κ1) is 13.2. The second kappa shape index (κ2) is 5.43. The zero-order valence-corrected chi connectivity index (χ0v) is 10.3. The molecular formula is C12H21NO3. The first-order valence-electron chi connectivity index (χ1n) is 5.84. The summed E-state index contributed by atoms with van der Waals surface area (Å²) in [4.78, 5) is 22.8. The molecule has 1 heterocycles. The van der Waals surface area contributed by atoms with Gasteiger partial charge in [0.1, 0.15) is 11.4 Å². The van der Waals surface area contributed by atoms with E-state index >= 15 is 0 Å². The molecule has 1 saturated heterocycles. The van der Waals surface area contributed by atoms with Gasteiger partial charge in [-0.3, -0.25) is 9.59 Å². The maximum absolute atomic E-state index is 11.8. The molecule has 0 aromatic carbocycles. The van der Waals surface area contributed by atoms with Crippen molar-refractivity contribution in [2.75, 3.05) is 13.1 Å². The Bertz CT molecular complexity index is 267. The van der Waals surface area contributed by atoms with Crippen LogP contribution in [0.15, 0.2) is 0 Å². The quantitative estimate of drug-likeness (QED) is 0.735. The van der Waals surface area contributed by atoms with Crippen LogP contribution in [-0.4, -0.2) is 30.4 Å². The lowest BCUT2D eigenvalue weighted by atomic mass is 9.97. The summed E-state index contributed by atoms with van der Waals surface area (Å²) in [5, 5.41) is 3.20. The fourth-order valence-corrected chi connectivity index (χ4v) is 2.05. The topological polar surface area (TPSA) is 55.4 Å². The van der Waals surface area contributed by atoms with E-state index in [0.29, 0.717) is 0 Å². The van der Waals surface area contributed by atoms with Crippen LogP contribution in [0.25, 0.3) is 0 Å². The van der Waals surface area contributed by atoms with Crippen molar-refractivity contribution in [2.24, 2.45) is 5.92 Å². The molecule has 1 rings (SSSR count). The molecule has 16 heavy (non-hydrogen) atoms. The van der Waals surface area contributed by atoms with E-state index in [1.54, 1.807) is 13.8 Å². The molecule has 1 aliphatic rings. The summed E-state index contributed by atoms with van der Waals surface area (Å²) in [6, 6.07) is 0. The second-order valence-corrected chi connectivity index (χ2v) is 5.08. The number of hydrogen-bond donors (Lipinski definition) is 1. The fraction of sp³-hybridized carbons (Fsp3) is 0.833. The Balaban J connectivity index is 2.45. The van der Waals surface area contributed by atoms with Gasteiger partial charge < -0.3 is 10.1 Å². The second-order valence-electron chi connectivity index (χ2n) is 5.08. The number of carbonyl (C=O) groups is 2. The van der Waals surface area contributed by atoms with Crippen molar-refractivity contribution in [1.29, 1.82) is 0 Å². The lowest BCUT2D eigenvalue weighted by Crippen LogP contribution is -2.37. The molecule has 0 bridgehead atoms. The van der Waals surface area contributed by atoms with Crippen LogP contribution in [0.1, 0.15) is 40.0 Å². The highest BCUT2D eigenvalue weighted by atomic mass is 16.6. The monoisotopic (exact) mass is 227 g/mol. The molecule has 0 atom stereocenters. The largest absolute Gasteiger partial charge is 0.459 e. The number of ketones is 1. The standard InChI is InChI=1S/C12H21NO3/c1-9(14)8-12(2,3)16-11(15)10-4-6-13-7-5-10/h10,13H,4-8H2,1-3H3. The molecule has 0 saturated carbocycles. The van der Waals surface area contributed by atoms with Crippen LogP contribution in [0.5, 0.6) is 0 Å². The third-order valence-electron chi connectivity index (χ3n) is 2.72. The van der Waals surface area contributed by atoms with Gasteiger partial charge in [-0.1, -0.05) is 0 Å². The van der Waals surface area contributed by atoms with Crippen LogP contribution in [0, 0.1) is 5.92 Å². The number of hydrogen-bond acceptors (Lipinski definition) is 4. The maximum Gasteiger partial charge on any atom is 0.309 e. The highest BCUT2D eigenvalue weighted by Crippen LogP contribution is 2.21. The molecular weight excluding hydrogens is 206 g/mol. The lowest BCUT2D eigenvalue weighted by molar-refractivity contribution is -0.163. The van der Waals surface area contributed by atoms with Gasteiger partial charge in [-0.25, -0.2) is 0 Å². The molecule has 1 aliphatic heterocycles. The summed E-state index contributed by atoms with van der Waals surface area (Å²) in [6.45, 7) is 6.82. The van der Waals surface area contributed by atoms with E-state index < -0.39 is 5.60 Å². The lowest BCUT2D eigenvalue weighted by Gasteiger charge is -2.28. The van der Waals surface area contributed by atoms with E-state index in [-0.39, 0.29) is 24.1 Å². The smallest absolute Gasteiger partial charge is 0.309 e. The molecule has 0 amide bonds. The Kier molecular flexibility index (Phi) is 4.47. The summed E-state index contributed by atoms with van der Waals surface area (Å²) in [6.07, 6.45) is 1.94. The zero-order chi connectivity index (χ0) is 12.2. The molecule has 0 aromatic heterocycles. The minimum atomic E-state index is -0.673. The first-order valence-corrected chi connectivity index (χ1v) is 5.84. The average molecular weight is 227 g/mol. The molecule has 0 aromatic rings. The van der Waals surface area contributed by atoms with Gasteiger partial charge in [0.05, 0.1) is 5.92 Å². The number of ether oxygens (including phenoxy) is 1. The summed E-state index contributed by atoms with van der Waals surface area (Å²) in [5.74, 6) is -0.122. The van der Waals surface area contributed by atoms with E-state index in [1.165, 1.54) is 6.92 Å². The van der Waals surface area contributed by atoms with Crippen LogP contribution in [0.2, 0.25) is 0 Å². The minimum absolute atomic E-state index is 0.00696. The average Bonchev–Trinajstić information content (AvgIpc) is 2.16. The molecule has 0 spiro atoms. The van der Waals surface area contributed by atoms with Crippen LogP contribution in [0.4, 0.5) is 0 Å². The molecule has 0 radical (unpaired) electrons. The van der Waals surface area contributed by atoms with Gasteiger partial charge in [0.25, 0.3) is 0 Å². The number of piperidine rings is 1. The van der Waals surface area contributed by atoms with Gasteiger partial charge >= 0.3 is 5.97 Å². The molecule has 0 unspecified atom stereocenters. The van der Waals surface area contributed by atoms with Crippen molar-refractivity contribution in [3.8, 4) is 0 Å². The Labute approximate surface area is 96.7 Å². The van der Waals surface area contributed by atoms with Crippen molar-refractivity contribution in [3.05, 3.63) is 0 Å². The van der Waals surface area contributed by atoms with E-state index in [9.17, 15) is 9.59 Å². The Morgan fingerprint density at radius 3 is 2.38 bits per heavy atom. The highest BCUT2D eigenvalue weighted by Gasteiger charge is 2.29. The van der Waals surface area contributed by atoms with Crippen molar-refractivity contribution < 1.29 is 14.3 Å². The van der Waals surface area contributed by atoms with Crippen LogP contribution in [-0.2, 0) is 14.3 Å². The third-order valence-corrected chi connectivity index (χ3v) is 2.72. The Morgan fingerprint density at radius 2 is 1.88 bits per heavy atom. The van der Waals surface area contributed by atoms with Gasteiger partial charge in [0.15, 0.2) is 0 Å². The number of Topliss-reactive ketones (excluding diaryl/α,β-unsaturated/α-hetero) is 1. The fourth-order valence-electron chi connectivity index (χ4n) is 2.05. The van der Waals surface area contributed by atoms with Gasteiger partial charge in [-0.05, 0) is 46.7 Å². The first-order chi connectivity index (χ1) is 7.41. The number of esters is 1. The van der Waals surface area contributed by atoms with Crippen molar-refractivity contribution in [1.82, 2.24) is 5.32 Å². The van der Waals surface area contributed by atoms with Crippen LogP contribution >= 0.6 is 0 Å². The van der Waals surface area contributed by atoms with Gasteiger partial charge in [0.2, 0.25) is 0 Å². The van der Waals surface area contributed by atoms with E-state index in [2.05, 4.69) is 5.32 Å². The normalized spacial score (nSPS) is 18.2. The molecule has 1 fully saturated rings. The molecule has 4 nitrogen and oxygen atoms in total. The number of carbonyl (C=O) groups excluding carboxylic acids is 2. The Hall–Kier alpha value is -0.900. The predicted octanol–water partition coefficient (Wildman–Crippen LogP) is 1.29. The van der Waals surface area contributed by atoms with Gasteiger partial charge in [-0.2, -0.15) is 0 Å². The number of nitrogens with one attached hydrogen (secondary N) is 1. The van der Waals surface area contributed by atoms with Crippen molar-refractivity contribution in [2.45, 2.75) is 45.6 Å². The van der Waals surface area contributed by atoms with Crippen LogP contribution < -0.4 is 5.32 Å². The van der Waals surface area contributed by atoms with Gasteiger partial charge in [0, 0.05) is 6.42 Å². The third kappa shape index (κ3) is 4.31. The molecule has 4 heteroatoms. The van der Waals surface area contributed by atoms with E-state index in [1.807, 2.05) is 0 Å². The zero-order valence-electron chi connectivity index (χ0n) is 10.3. The van der Waals surface area contributed by atoms with Crippen molar-refractivity contribution >= 4 is 11.8 Å². The Morgan fingerprint density at radius 1 is 1.31 bits per heavy atom. The van der Waals surface area contributed by atoms with Gasteiger partial charge in [-0.15, -0.1) is 0 Å². The number of rotatable bonds is 4. The molecule has 1 N–H and O–H groups in total. The highest BCUT2D eigenvalue weighted by molar-refractivity contribution is 5.78. The van der Waals surface area contributed by atoms with E-state index in [0.717, 1.165) is 25.9 Å².